The van der Waals surface area contributed by atoms with Gasteiger partial charge in [-0.15, -0.1) is 12.4 Å². The highest BCUT2D eigenvalue weighted by Gasteiger charge is 2.40. The Labute approximate surface area is 92.2 Å². The molecule has 2 N–H and O–H groups in total. The monoisotopic (exact) mass is 246 g/mol. The molecule has 15 heavy (non-hydrogen) atoms. The Morgan fingerprint density at radius 3 is 2.53 bits per heavy atom. The molecule has 1 amide bonds. The zero-order valence-corrected chi connectivity index (χ0v) is 9.04. The van der Waals surface area contributed by atoms with Crippen LogP contribution in [0.1, 0.15) is 19.8 Å². The molecule has 1 rings (SSSR count). The molecule has 0 spiro atoms. The normalized spacial score (nSPS) is 26.7. The highest BCUT2D eigenvalue weighted by atomic mass is 35.5. The van der Waals surface area contributed by atoms with E-state index in [0.29, 0.717) is 19.4 Å². The fraction of sp³-hybridized carbons (Fsp3) is 0.875. The van der Waals surface area contributed by atoms with Crippen LogP contribution in [0.3, 0.4) is 0 Å². The van der Waals surface area contributed by atoms with Gasteiger partial charge in [-0.2, -0.15) is 13.2 Å². The molecule has 3 nitrogen and oxygen atoms in total. The topological polar surface area (TPSA) is 41.1 Å². The molecule has 0 aromatic carbocycles. The highest BCUT2D eigenvalue weighted by molar-refractivity contribution is 5.85. The molecular formula is C8H14ClF3N2O. The lowest BCUT2D eigenvalue weighted by Gasteiger charge is -2.28. The number of hydrogen-bond donors (Lipinski definition) is 2. The van der Waals surface area contributed by atoms with Crippen LogP contribution in [0.2, 0.25) is 0 Å². The van der Waals surface area contributed by atoms with E-state index in [1.165, 1.54) is 0 Å². The number of rotatable bonds is 1. The fourth-order valence-corrected chi connectivity index (χ4v) is 1.53. The predicted octanol–water partition coefficient (Wildman–Crippen LogP) is 1.23. The molecule has 2 atom stereocenters. The van der Waals surface area contributed by atoms with Gasteiger partial charge in [0.2, 0.25) is 0 Å². The van der Waals surface area contributed by atoms with Crippen molar-refractivity contribution in [1.82, 2.24) is 10.6 Å². The molecule has 0 saturated carbocycles. The van der Waals surface area contributed by atoms with Gasteiger partial charge in [-0.3, -0.25) is 4.79 Å². The Morgan fingerprint density at radius 1 is 1.47 bits per heavy atom. The molecule has 7 heteroatoms. The van der Waals surface area contributed by atoms with Crippen LogP contribution in [-0.4, -0.2) is 30.7 Å². The first-order valence-corrected chi connectivity index (χ1v) is 4.50. The molecule has 1 fully saturated rings. The summed E-state index contributed by atoms with van der Waals surface area (Å²) in [7, 11) is 0. The third kappa shape index (κ3) is 4.70. The summed E-state index contributed by atoms with van der Waals surface area (Å²) in [5, 5.41) is 5.08. The van der Waals surface area contributed by atoms with Crippen molar-refractivity contribution >= 4 is 18.3 Å². The molecule has 1 aliphatic heterocycles. The first kappa shape index (κ1) is 14.5. The van der Waals surface area contributed by atoms with Crippen LogP contribution in [0.25, 0.3) is 0 Å². The second-order valence-corrected chi connectivity index (χ2v) is 3.55. The molecule has 0 radical (unpaired) electrons. The second-order valence-electron chi connectivity index (χ2n) is 3.55. The van der Waals surface area contributed by atoms with Gasteiger partial charge < -0.3 is 10.6 Å². The molecular weight excluding hydrogens is 233 g/mol. The Kier molecular flexibility index (Phi) is 5.37. The largest absolute Gasteiger partial charge is 0.471 e. The van der Waals surface area contributed by atoms with Gasteiger partial charge in [-0.1, -0.05) is 0 Å². The molecule has 0 aliphatic carbocycles. The van der Waals surface area contributed by atoms with E-state index in [9.17, 15) is 18.0 Å². The highest BCUT2D eigenvalue weighted by Crippen LogP contribution is 2.16. The number of carbonyl (C=O) groups excluding carboxylic acids is 1. The Morgan fingerprint density at radius 2 is 2.07 bits per heavy atom. The zero-order chi connectivity index (χ0) is 10.8. The molecule has 0 bridgehead atoms. The van der Waals surface area contributed by atoms with E-state index < -0.39 is 12.1 Å². The van der Waals surface area contributed by atoms with Gasteiger partial charge in [0.25, 0.3) is 0 Å². The quantitative estimate of drug-likeness (QED) is 0.731. The van der Waals surface area contributed by atoms with Crippen LogP contribution in [-0.2, 0) is 4.79 Å². The van der Waals surface area contributed by atoms with Crippen molar-refractivity contribution in [3.8, 4) is 0 Å². The molecule has 1 heterocycles. The lowest BCUT2D eigenvalue weighted by atomic mass is 10.0. The number of piperidine rings is 1. The van der Waals surface area contributed by atoms with Crippen molar-refractivity contribution in [1.29, 1.82) is 0 Å². The number of halogens is 4. The Balaban J connectivity index is 0.00000196. The van der Waals surface area contributed by atoms with E-state index in [-0.39, 0.29) is 24.5 Å². The van der Waals surface area contributed by atoms with Gasteiger partial charge in [0, 0.05) is 12.1 Å². The van der Waals surface area contributed by atoms with Gasteiger partial charge in [0.1, 0.15) is 0 Å². The predicted molar refractivity (Wildman–Crippen MR) is 51.9 cm³/mol. The van der Waals surface area contributed by atoms with Gasteiger partial charge in [0.15, 0.2) is 0 Å². The summed E-state index contributed by atoms with van der Waals surface area (Å²) in [5.74, 6) is -1.84. The summed E-state index contributed by atoms with van der Waals surface area (Å²) in [5.41, 5.74) is 0. The van der Waals surface area contributed by atoms with Gasteiger partial charge in [0.05, 0.1) is 0 Å². The molecule has 0 aromatic heterocycles. The number of alkyl halides is 3. The van der Waals surface area contributed by atoms with E-state index in [0.717, 1.165) is 0 Å². The average molecular weight is 247 g/mol. The SMILES string of the molecule is CC1CC(NC(=O)C(F)(F)F)CCN1.Cl. The van der Waals surface area contributed by atoms with Crippen molar-refractivity contribution in [3.05, 3.63) is 0 Å². The summed E-state index contributed by atoms with van der Waals surface area (Å²) in [6.07, 6.45) is -3.68. The van der Waals surface area contributed by atoms with Crippen molar-refractivity contribution < 1.29 is 18.0 Å². The van der Waals surface area contributed by atoms with Gasteiger partial charge >= 0.3 is 12.1 Å². The van der Waals surface area contributed by atoms with Crippen LogP contribution in [0.5, 0.6) is 0 Å². The fourth-order valence-electron chi connectivity index (χ4n) is 1.53. The van der Waals surface area contributed by atoms with Crippen LogP contribution in [0.15, 0.2) is 0 Å². The van der Waals surface area contributed by atoms with E-state index in [4.69, 9.17) is 0 Å². The Bertz CT molecular complexity index is 222. The molecule has 1 saturated heterocycles. The van der Waals surface area contributed by atoms with Crippen molar-refractivity contribution in [2.45, 2.75) is 38.0 Å². The molecule has 0 aromatic rings. The van der Waals surface area contributed by atoms with E-state index in [2.05, 4.69) is 5.32 Å². The summed E-state index contributed by atoms with van der Waals surface area (Å²) in [4.78, 5) is 10.6. The van der Waals surface area contributed by atoms with E-state index in [1.54, 1.807) is 0 Å². The first-order valence-electron chi connectivity index (χ1n) is 4.50. The molecule has 1 aliphatic rings. The van der Waals surface area contributed by atoms with Crippen molar-refractivity contribution in [2.24, 2.45) is 0 Å². The van der Waals surface area contributed by atoms with Crippen LogP contribution < -0.4 is 10.6 Å². The standard InChI is InChI=1S/C8H13F3N2O.ClH/c1-5-4-6(2-3-12-5)13-7(14)8(9,10)11;/h5-6,12H,2-4H2,1H3,(H,13,14);1H. The summed E-state index contributed by atoms with van der Waals surface area (Å²) >= 11 is 0. The van der Waals surface area contributed by atoms with Crippen LogP contribution >= 0.6 is 12.4 Å². The lowest BCUT2D eigenvalue weighted by Crippen LogP contribution is -2.49. The van der Waals surface area contributed by atoms with Crippen LogP contribution in [0.4, 0.5) is 13.2 Å². The first-order chi connectivity index (χ1) is 6.39. The number of nitrogens with one attached hydrogen (secondary N) is 2. The minimum atomic E-state index is -4.77. The molecule has 90 valence electrons. The number of amides is 1. The third-order valence-corrected chi connectivity index (χ3v) is 2.22. The van der Waals surface area contributed by atoms with Gasteiger partial charge in [-0.05, 0) is 26.3 Å². The van der Waals surface area contributed by atoms with E-state index >= 15 is 0 Å². The number of carbonyl (C=O) groups is 1. The minimum absolute atomic E-state index is 0. The maximum Gasteiger partial charge on any atom is 0.471 e. The molecule has 2 unspecified atom stereocenters. The summed E-state index contributed by atoms with van der Waals surface area (Å²) in [6, 6.07) is -0.206. The van der Waals surface area contributed by atoms with Crippen molar-refractivity contribution in [2.75, 3.05) is 6.54 Å². The lowest BCUT2D eigenvalue weighted by molar-refractivity contribution is -0.174. The second kappa shape index (κ2) is 5.55. The van der Waals surface area contributed by atoms with Crippen LogP contribution in [0, 0.1) is 0 Å². The third-order valence-electron chi connectivity index (χ3n) is 2.22. The summed E-state index contributed by atoms with van der Waals surface area (Å²) < 4.78 is 35.6. The summed E-state index contributed by atoms with van der Waals surface area (Å²) in [6.45, 7) is 2.52. The Hall–Kier alpha value is -0.490. The number of hydrogen-bond acceptors (Lipinski definition) is 2. The van der Waals surface area contributed by atoms with Crippen molar-refractivity contribution in [3.63, 3.8) is 0 Å². The zero-order valence-electron chi connectivity index (χ0n) is 8.23. The minimum Gasteiger partial charge on any atom is -0.345 e. The smallest absolute Gasteiger partial charge is 0.345 e. The maximum atomic E-state index is 11.9. The van der Waals surface area contributed by atoms with Gasteiger partial charge in [-0.25, -0.2) is 0 Å². The maximum absolute atomic E-state index is 11.9. The van der Waals surface area contributed by atoms with E-state index in [1.807, 2.05) is 12.2 Å². The average Bonchev–Trinajstić information content (AvgIpc) is 2.02.